The number of carbonyl (C=O) groups is 3. The third-order valence-electron chi connectivity index (χ3n) is 7.72. The van der Waals surface area contributed by atoms with Gasteiger partial charge in [-0.1, -0.05) is 64.7 Å². The molecule has 9 heteroatoms. The van der Waals surface area contributed by atoms with Crippen molar-refractivity contribution < 1.29 is 23.9 Å². The molecule has 0 unspecified atom stereocenters. The van der Waals surface area contributed by atoms with Gasteiger partial charge in [0.1, 0.15) is 16.9 Å². The van der Waals surface area contributed by atoms with E-state index in [4.69, 9.17) is 9.47 Å². The first-order valence-electron chi connectivity index (χ1n) is 16.9. The predicted molar refractivity (Wildman–Crippen MR) is 197 cm³/mol. The Morgan fingerprint density at radius 2 is 1.24 bits per heavy atom. The molecule has 4 N–H and O–H groups in total. The van der Waals surface area contributed by atoms with Crippen LogP contribution in [0, 0.1) is 27.7 Å². The van der Waals surface area contributed by atoms with Gasteiger partial charge in [0.2, 0.25) is 0 Å². The Morgan fingerprint density at radius 3 is 1.82 bits per heavy atom. The van der Waals surface area contributed by atoms with Crippen LogP contribution in [-0.4, -0.2) is 53.4 Å². The monoisotopic (exact) mass is 668 g/mol. The molecular weight excluding hydrogens is 616 g/mol. The molecule has 9 nitrogen and oxygen atoms in total. The number of hydrogen-bond acceptors (Lipinski definition) is 5. The van der Waals surface area contributed by atoms with Gasteiger partial charge < -0.3 is 30.4 Å². The molecular formula is C40H52N4O5. The zero-order chi connectivity index (χ0) is 36.1. The standard InChI is InChI=1S/C40H52N4O5/c1-24-16-25(2)19-29(18-24)28-13-14-33-32(22-28)34(30-20-26(3)17-27(4)21-30)35(44-33)36(45)42-23-31(43-38(47)49-40(8,9)10)12-11-15-41-37(46)48-39(5,6)7/h13-14,16-22,31,44H,11-12,15,23H2,1-10H3,(H,41,46)(H,42,45)(H,43,47)/t31-/m0/s1. The van der Waals surface area contributed by atoms with E-state index in [0.29, 0.717) is 25.1 Å². The molecule has 262 valence electrons. The maximum atomic E-state index is 14.0. The average Bonchev–Trinajstić information content (AvgIpc) is 3.34. The number of benzene rings is 3. The number of aromatic nitrogens is 1. The van der Waals surface area contributed by atoms with Crippen LogP contribution in [0.3, 0.4) is 0 Å². The predicted octanol–water partition coefficient (Wildman–Crippen LogP) is 8.66. The fourth-order valence-corrected chi connectivity index (χ4v) is 5.96. The number of carbonyl (C=O) groups excluding carboxylic acids is 3. The molecule has 4 rings (SSSR count). The van der Waals surface area contributed by atoms with Crippen molar-refractivity contribution in [1.82, 2.24) is 20.9 Å². The molecule has 0 saturated heterocycles. The Morgan fingerprint density at radius 1 is 0.694 bits per heavy atom. The van der Waals surface area contributed by atoms with Gasteiger partial charge in [0.25, 0.3) is 5.91 Å². The van der Waals surface area contributed by atoms with Gasteiger partial charge in [0.05, 0.1) is 0 Å². The molecule has 1 atom stereocenters. The summed E-state index contributed by atoms with van der Waals surface area (Å²) >= 11 is 0. The lowest BCUT2D eigenvalue weighted by atomic mass is 9.95. The number of aromatic amines is 1. The number of fused-ring (bicyclic) bond motifs is 1. The lowest BCUT2D eigenvalue weighted by Crippen LogP contribution is -2.46. The van der Waals surface area contributed by atoms with Crippen LogP contribution in [-0.2, 0) is 9.47 Å². The zero-order valence-electron chi connectivity index (χ0n) is 30.6. The van der Waals surface area contributed by atoms with E-state index < -0.39 is 29.4 Å². The molecule has 0 saturated carbocycles. The Bertz CT molecular complexity index is 1790. The number of nitrogens with one attached hydrogen (secondary N) is 4. The topological polar surface area (TPSA) is 122 Å². The molecule has 0 radical (unpaired) electrons. The zero-order valence-corrected chi connectivity index (χ0v) is 30.6. The fourth-order valence-electron chi connectivity index (χ4n) is 5.96. The minimum absolute atomic E-state index is 0.153. The van der Waals surface area contributed by atoms with Crippen LogP contribution < -0.4 is 16.0 Å². The average molecular weight is 669 g/mol. The van der Waals surface area contributed by atoms with E-state index >= 15 is 0 Å². The van der Waals surface area contributed by atoms with Crippen LogP contribution in [0.1, 0.15) is 87.1 Å². The highest BCUT2D eigenvalue weighted by Gasteiger charge is 2.24. The van der Waals surface area contributed by atoms with Crippen molar-refractivity contribution >= 4 is 29.0 Å². The van der Waals surface area contributed by atoms with Crippen molar-refractivity contribution in [2.75, 3.05) is 13.1 Å². The van der Waals surface area contributed by atoms with Crippen molar-refractivity contribution in [2.45, 2.75) is 99.3 Å². The molecule has 3 aromatic carbocycles. The van der Waals surface area contributed by atoms with Crippen molar-refractivity contribution in [3.63, 3.8) is 0 Å². The molecule has 0 bridgehead atoms. The fraction of sp³-hybridized carbons (Fsp3) is 0.425. The number of ether oxygens (including phenoxy) is 2. The summed E-state index contributed by atoms with van der Waals surface area (Å²) < 4.78 is 10.8. The van der Waals surface area contributed by atoms with Gasteiger partial charge in [-0.15, -0.1) is 0 Å². The summed E-state index contributed by atoms with van der Waals surface area (Å²) in [6.45, 7) is 19.6. The van der Waals surface area contributed by atoms with Gasteiger partial charge >= 0.3 is 12.2 Å². The van der Waals surface area contributed by atoms with Crippen LogP contribution in [0.15, 0.2) is 54.6 Å². The van der Waals surface area contributed by atoms with Gasteiger partial charge in [0, 0.05) is 35.6 Å². The molecule has 1 aromatic heterocycles. The van der Waals surface area contributed by atoms with E-state index in [1.807, 2.05) is 6.07 Å². The van der Waals surface area contributed by atoms with E-state index in [1.54, 1.807) is 41.5 Å². The summed E-state index contributed by atoms with van der Waals surface area (Å²) in [6.07, 6.45) is -0.0643. The Hall–Kier alpha value is -4.79. The van der Waals surface area contributed by atoms with E-state index in [1.165, 1.54) is 11.1 Å². The second kappa shape index (κ2) is 15.2. The Balaban J connectivity index is 1.62. The van der Waals surface area contributed by atoms with Crippen molar-refractivity contribution in [3.8, 4) is 22.3 Å². The minimum atomic E-state index is -0.683. The number of H-pyrrole nitrogens is 1. The van der Waals surface area contributed by atoms with Crippen LogP contribution in [0.2, 0.25) is 0 Å². The van der Waals surface area contributed by atoms with Gasteiger partial charge in [-0.2, -0.15) is 0 Å². The maximum Gasteiger partial charge on any atom is 0.407 e. The van der Waals surface area contributed by atoms with E-state index in [-0.39, 0.29) is 12.5 Å². The van der Waals surface area contributed by atoms with Gasteiger partial charge in [0.15, 0.2) is 0 Å². The number of amides is 3. The molecule has 3 amide bonds. The first-order valence-corrected chi connectivity index (χ1v) is 16.9. The highest BCUT2D eigenvalue weighted by Crippen LogP contribution is 2.36. The molecule has 0 aliphatic carbocycles. The highest BCUT2D eigenvalue weighted by molar-refractivity contribution is 6.10. The second-order valence-electron chi connectivity index (χ2n) is 15.0. The summed E-state index contributed by atoms with van der Waals surface area (Å²) in [5.74, 6) is -0.291. The lowest BCUT2D eigenvalue weighted by molar-refractivity contribution is 0.0487. The number of alkyl carbamates (subject to hydrolysis) is 2. The van der Waals surface area contributed by atoms with E-state index in [2.05, 4.69) is 97.2 Å². The summed E-state index contributed by atoms with van der Waals surface area (Å²) in [5, 5.41) is 9.66. The van der Waals surface area contributed by atoms with E-state index in [0.717, 1.165) is 44.3 Å². The number of rotatable bonds is 10. The first-order chi connectivity index (χ1) is 22.9. The normalized spacial score (nSPS) is 12.4. The van der Waals surface area contributed by atoms with Crippen molar-refractivity contribution in [1.29, 1.82) is 0 Å². The van der Waals surface area contributed by atoms with Crippen LogP contribution >= 0.6 is 0 Å². The van der Waals surface area contributed by atoms with E-state index in [9.17, 15) is 14.4 Å². The smallest absolute Gasteiger partial charge is 0.407 e. The molecule has 0 aliphatic rings. The maximum absolute atomic E-state index is 14.0. The Kier molecular flexibility index (Phi) is 11.5. The minimum Gasteiger partial charge on any atom is -0.444 e. The molecule has 0 aliphatic heterocycles. The molecule has 0 spiro atoms. The summed E-state index contributed by atoms with van der Waals surface area (Å²) in [4.78, 5) is 42.3. The number of hydrogen-bond donors (Lipinski definition) is 4. The summed E-state index contributed by atoms with van der Waals surface area (Å²) in [7, 11) is 0. The SMILES string of the molecule is Cc1cc(C)cc(-c2ccc3[nH]c(C(=O)NC[C@H](CCCNC(=O)OC(C)(C)C)NC(=O)OC(C)(C)C)c(-c4cc(C)cc(C)c4)c3c2)c1. The highest BCUT2D eigenvalue weighted by atomic mass is 16.6. The quantitative estimate of drug-likeness (QED) is 0.126. The summed E-state index contributed by atoms with van der Waals surface area (Å²) in [5.41, 5.74) is 8.55. The van der Waals surface area contributed by atoms with Crippen LogP contribution in [0.5, 0.6) is 0 Å². The first kappa shape index (κ1) is 37.0. The van der Waals surface area contributed by atoms with Crippen molar-refractivity contribution in [2.24, 2.45) is 0 Å². The lowest BCUT2D eigenvalue weighted by Gasteiger charge is -2.24. The molecule has 4 aromatic rings. The molecule has 1 heterocycles. The number of aryl methyl sites for hydroxylation is 4. The van der Waals surface area contributed by atoms with Gasteiger partial charge in [-0.05, 0) is 111 Å². The third-order valence-corrected chi connectivity index (χ3v) is 7.72. The van der Waals surface area contributed by atoms with Crippen LogP contribution in [0.25, 0.3) is 33.2 Å². The van der Waals surface area contributed by atoms with Gasteiger partial charge in [-0.25, -0.2) is 9.59 Å². The molecule has 0 fully saturated rings. The Labute approximate surface area is 290 Å². The molecule has 49 heavy (non-hydrogen) atoms. The summed E-state index contributed by atoms with van der Waals surface area (Å²) in [6, 6.07) is 18.6. The largest absolute Gasteiger partial charge is 0.444 e. The third kappa shape index (κ3) is 10.9. The van der Waals surface area contributed by atoms with Gasteiger partial charge in [-0.3, -0.25) is 4.79 Å². The second-order valence-corrected chi connectivity index (χ2v) is 15.0. The van der Waals surface area contributed by atoms with Crippen molar-refractivity contribution in [3.05, 3.63) is 82.5 Å². The van der Waals surface area contributed by atoms with Crippen LogP contribution in [0.4, 0.5) is 9.59 Å².